The zero-order chi connectivity index (χ0) is 22.1. The van der Waals surface area contributed by atoms with Crippen LogP contribution in [0.2, 0.25) is 0 Å². The molecule has 30 heavy (non-hydrogen) atoms. The molecule has 2 N–H and O–H groups in total. The van der Waals surface area contributed by atoms with Crippen molar-refractivity contribution in [3.63, 3.8) is 0 Å². The molecule has 3 rings (SSSR count). The number of carbonyl (C=O) groups is 3. The van der Waals surface area contributed by atoms with Gasteiger partial charge in [-0.05, 0) is 36.8 Å². The number of aryl methyl sites for hydroxylation is 1. The van der Waals surface area contributed by atoms with E-state index in [2.05, 4.69) is 36.1 Å². The van der Waals surface area contributed by atoms with Crippen LogP contribution in [0.5, 0.6) is 5.75 Å². The van der Waals surface area contributed by atoms with Gasteiger partial charge in [-0.15, -0.1) is 0 Å². The van der Waals surface area contributed by atoms with E-state index in [4.69, 9.17) is 24.5 Å². The molecule has 0 aliphatic carbocycles. The fourth-order valence-electron chi connectivity index (χ4n) is 3.09. The van der Waals surface area contributed by atoms with Crippen molar-refractivity contribution < 1.29 is 29.3 Å². The molecule has 0 spiro atoms. The van der Waals surface area contributed by atoms with Crippen molar-refractivity contribution in [1.29, 1.82) is 0 Å². The Bertz CT molecular complexity index is 861. The lowest BCUT2D eigenvalue weighted by molar-refractivity contribution is -0.159. The molecule has 1 amide bonds. The van der Waals surface area contributed by atoms with Crippen molar-refractivity contribution >= 4 is 17.8 Å². The minimum atomic E-state index is -1.82. The van der Waals surface area contributed by atoms with Gasteiger partial charge in [0.2, 0.25) is 0 Å². The normalized spacial score (nSPS) is 13.7. The monoisotopic (exact) mass is 414 g/mol. The summed E-state index contributed by atoms with van der Waals surface area (Å²) < 4.78 is 5.14. The minimum absolute atomic E-state index is 0.104. The molecule has 0 aromatic heterocycles. The summed E-state index contributed by atoms with van der Waals surface area (Å²) in [5.74, 6) is -2.77. The lowest BCUT2D eigenvalue weighted by Crippen LogP contribution is -2.48. The summed E-state index contributed by atoms with van der Waals surface area (Å²) in [6.07, 6.45) is 0. The number of hydrogen-bond acceptors (Lipinski definition) is 5. The van der Waals surface area contributed by atoms with Gasteiger partial charge in [-0.3, -0.25) is 9.69 Å². The van der Waals surface area contributed by atoms with Crippen LogP contribution in [-0.2, 0) is 16.1 Å². The molecule has 0 bridgehead atoms. The predicted molar refractivity (Wildman–Crippen MR) is 111 cm³/mol. The van der Waals surface area contributed by atoms with Crippen molar-refractivity contribution in [2.24, 2.45) is 0 Å². The van der Waals surface area contributed by atoms with Crippen LogP contribution in [-0.4, -0.2) is 71.1 Å². The molecule has 0 radical (unpaired) electrons. The van der Waals surface area contributed by atoms with E-state index in [1.165, 1.54) is 11.1 Å². The number of benzene rings is 2. The van der Waals surface area contributed by atoms with Gasteiger partial charge in [-0.2, -0.15) is 0 Å². The number of amides is 1. The number of carbonyl (C=O) groups excluding carboxylic acids is 1. The first kappa shape index (κ1) is 22.9. The van der Waals surface area contributed by atoms with Crippen LogP contribution in [0.3, 0.4) is 0 Å². The van der Waals surface area contributed by atoms with Crippen molar-refractivity contribution in [2.75, 3.05) is 33.3 Å². The highest BCUT2D eigenvalue weighted by molar-refractivity contribution is 6.27. The zero-order valence-corrected chi connectivity index (χ0v) is 17.1. The van der Waals surface area contributed by atoms with Gasteiger partial charge in [-0.1, -0.05) is 29.8 Å². The lowest BCUT2D eigenvalue weighted by Gasteiger charge is -2.34. The van der Waals surface area contributed by atoms with Gasteiger partial charge in [0.1, 0.15) is 5.75 Å². The third-order valence-corrected chi connectivity index (χ3v) is 4.67. The van der Waals surface area contributed by atoms with Gasteiger partial charge in [0.05, 0.1) is 7.11 Å². The smallest absolute Gasteiger partial charge is 0.414 e. The molecule has 0 atom stereocenters. The molecule has 8 nitrogen and oxygen atoms in total. The van der Waals surface area contributed by atoms with Crippen LogP contribution in [0.15, 0.2) is 48.5 Å². The number of carboxylic acid groups (broad SMARTS) is 2. The molecule has 1 aliphatic rings. The van der Waals surface area contributed by atoms with Crippen molar-refractivity contribution in [3.05, 3.63) is 65.2 Å². The number of piperazine rings is 1. The second-order valence-electron chi connectivity index (χ2n) is 6.90. The van der Waals surface area contributed by atoms with Crippen molar-refractivity contribution in [1.82, 2.24) is 9.80 Å². The van der Waals surface area contributed by atoms with Gasteiger partial charge < -0.3 is 19.8 Å². The summed E-state index contributed by atoms with van der Waals surface area (Å²) >= 11 is 0. The van der Waals surface area contributed by atoms with Crippen LogP contribution in [0.4, 0.5) is 0 Å². The first-order valence-electron chi connectivity index (χ1n) is 9.47. The van der Waals surface area contributed by atoms with E-state index >= 15 is 0 Å². The second kappa shape index (κ2) is 11.0. The Morgan fingerprint density at radius 1 is 0.933 bits per heavy atom. The molecule has 160 valence electrons. The van der Waals surface area contributed by atoms with Gasteiger partial charge in [-0.25, -0.2) is 9.59 Å². The molecule has 8 heteroatoms. The molecule has 1 saturated heterocycles. The third kappa shape index (κ3) is 6.89. The average Bonchev–Trinajstić information content (AvgIpc) is 2.74. The van der Waals surface area contributed by atoms with Crippen LogP contribution in [0, 0.1) is 6.92 Å². The maximum atomic E-state index is 12.6. The topological polar surface area (TPSA) is 107 Å². The maximum Gasteiger partial charge on any atom is 0.414 e. The highest BCUT2D eigenvalue weighted by Gasteiger charge is 2.22. The molecular formula is C22H26N2O6. The van der Waals surface area contributed by atoms with E-state index in [0.717, 1.165) is 44.0 Å². The molecular weight excluding hydrogens is 388 g/mol. The minimum Gasteiger partial charge on any atom is -0.497 e. The van der Waals surface area contributed by atoms with E-state index in [9.17, 15) is 4.79 Å². The van der Waals surface area contributed by atoms with E-state index in [1.54, 1.807) is 7.11 Å². The molecule has 1 fully saturated rings. The Balaban J connectivity index is 0.000000469. The van der Waals surface area contributed by atoms with Gasteiger partial charge in [0.15, 0.2) is 0 Å². The zero-order valence-electron chi connectivity index (χ0n) is 17.1. The van der Waals surface area contributed by atoms with E-state index in [0.29, 0.717) is 0 Å². The molecule has 0 saturated carbocycles. The number of carboxylic acids is 2. The molecule has 1 heterocycles. The second-order valence-corrected chi connectivity index (χ2v) is 6.90. The first-order chi connectivity index (χ1) is 14.3. The Morgan fingerprint density at radius 2 is 1.53 bits per heavy atom. The Hall–Kier alpha value is -3.39. The van der Waals surface area contributed by atoms with Gasteiger partial charge in [0, 0.05) is 38.3 Å². The lowest BCUT2D eigenvalue weighted by atomic mass is 10.1. The SMILES string of the molecule is COc1ccc(C(=O)N2CCN(Cc3cccc(C)c3)CC2)cc1.O=C(O)C(=O)O. The van der Waals surface area contributed by atoms with Gasteiger partial charge in [0.25, 0.3) is 5.91 Å². The summed E-state index contributed by atoms with van der Waals surface area (Å²) in [4.78, 5) is 35.1. The number of rotatable bonds is 4. The highest BCUT2D eigenvalue weighted by atomic mass is 16.5. The largest absolute Gasteiger partial charge is 0.497 e. The summed E-state index contributed by atoms with van der Waals surface area (Å²) in [7, 11) is 1.63. The Labute approximate surface area is 175 Å². The fraction of sp³-hybridized carbons (Fsp3) is 0.318. The standard InChI is InChI=1S/C20H24N2O2.C2H2O4/c1-16-4-3-5-17(14-16)15-21-10-12-22(13-11-21)20(23)18-6-8-19(24-2)9-7-18;3-1(4)2(5)6/h3-9,14H,10-13,15H2,1-2H3;(H,3,4)(H,5,6). The predicted octanol–water partition coefficient (Wildman–Crippen LogP) is 2.12. The van der Waals surface area contributed by atoms with Crippen LogP contribution in [0.25, 0.3) is 0 Å². The van der Waals surface area contributed by atoms with E-state index < -0.39 is 11.9 Å². The Kier molecular flexibility index (Phi) is 8.37. The summed E-state index contributed by atoms with van der Waals surface area (Å²) in [5, 5.41) is 14.8. The summed E-state index contributed by atoms with van der Waals surface area (Å²) in [6, 6.07) is 16.0. The number of aliphatic carboxylic acids is 2. The molecule has 2 aromatic rings. The number of nitrogens with zero attached hydrogens (tertiary/aromatic N) is 2. The summed E-state index contributed by atoms with van der Waals surface area (Å²) in [6.45, 7) is 6.44. The third-order valence-electron chi connectivity index (χ3n) is 4.67. The van der Waals surface area contributed by atoms with E-state index in [-0.39, 0.29) is 5.91 Å². The molecule has 0 unspecified atom stereocenters. The van der Waals surface area contributed by atoms with Crippen LogP contribution < -0.4 is 4.74 Å². The first-order valence-corrected chi connectivity index (χ1v) is 9.47. The summed E-state index contributed by atoms with van der Waals surface area (Å²) in [5.41, 5.74) is 3.36. The highest BCUT2D eigenvalue weighted by Crippen LogP contribution is 2.15. The number of ether oxygens (including phenoxy) is 1. The van der Waals surface area contributed by atoms with Crippen molar-refractivity contribution in [2.45, 2.75) is 13.5 Å². The molecule has 1 aliphatic heterocycles. The molecule has 2 aromatic carbocycles. The maximum absolute atomic E-state index is 12.6. The van der Waals surface area contributed by atoms with E-state index in [1.807, 2.05) is 29.2 Å². The van der Waals surface area contributed by atoms with Gasteiger partial charge >= 0.3 is 11.9 Å². The Morgan fingerprint density at radius 3 is 2.03 bits per heavy atom. The van der Waals surface area contributed by atoms with Crippen LogP contribution >= 0.6 is 0 Å². The van der Waals surface area contributed by atoms with Crippen LogP contribution in [0.1, 0.15) is 21.5 Å². The number of hydrogen-bond donors (Lipinski definition) is 2. The quantitative estimate of drug-likeness (QED) is 0.738. The number of methoxy groups -OCH3 is 1. The average molecular weight is 414 g/mol. The van der Waals surface area contributed by atoms with Crippen molar-refractivity contribution in [3.8, 4) is 5.75 Å². The fourth-order valence-corrected chi connectivity index (χ4v) is 3.09.